The fourth-order valence-corrected chi connectivity index (χ4v) is 0.538. The highest BCUT2D eigenvalue weighted by Gasteiger charge is 2.10. The highest BCUT2D eigenvalue weighted by molar-refractivity contribution is 5.86. The number of carbonyl (C=O) groups is 1. The van der Waals surface area contributed by atoms with Gasteiger partial charge >= 0.3 is 5.97 Å². The predicted molar refractivity (Wildman–Crippen MR) is 35.8 cm³/mol. The number of ether oxygens (including phenoxy) is 1. The van der Waals surface area contributed by atoms with Gasteiger partial charge in [0.15, 0.2) is 5.69 Å². The van der Waals surface area contributed by atoms with Crippen LogP contribution in [0.25, 0.3) is 0 Å². The molecule has 0 saturated heterocycles. The van der Waals surface area contributed by atoms with Crippen molar-refractivity contribution in [2.45, 2.75) is 0 Å². The molecule has 0 radical (unpaired) electrons. The van der Waals surface area contributed by atoms with E-state index in [-0.39, 0.29) is 11.6 Å². The Kier molecular flexibility index (Phi) is 1.93. The first kappa shape index (κ1) is 7.35. The van der Waals surface area contributed by atoms with Crippen LogP contribution in [0.15, 0.2) is 10.7 Å². The molecule has 0 spiro atoms. The third kappa shape index (κ3) is 1.38. The van der Waals surface area contributed by atoms with Gasteiger partial charge in [0.05, 0.1) is 7.11 Å². The van der Waals surface area contributed by atoms with E-state index in [9.17, 15) is 4.79 Å². The summed E-state index contributed by atoms with van der Waals surface area (Å²) in [5.41, 5.74) is 0.0838. The molecule has 0 N–H and O–H groups in total. The molecule has 0 atom stereocenters. The topological polar surface area (TPSA) is 52.3 Å². The van der Waals surface area contributed by atoms with Gasteiger partial charge in [-0.15, -0.1) is 6.42 Å². The van der Waals surface area contributed by atoms with Gasteiger partial charge < -0.3 is 9.15 Å². The van der Waals surface area contributed by atoms with Crippen LogP contribution in [0.4, 0.5) is 0 Å². The number of esters is 1. The van der Waals surface area contributed by atoms with Crippen molar-refractivity contribution >= 4 is 5.97 Å². The normalized spacial score (nSPS) is 8.73. The van der Waals surface area contributed by atoms with Crippen molar-refractivity contribution < 1.29 is 13.9 Å². The zero-order valence-corrected chi connectivity index (χ0v) is 5.83. The van der Waals surface area contributed by atoms with E-state index >= 15 is 0 Å². The van der Waals surface area contributed by atoms with E-state index in [4.69, 9.17) is 6.42 Å². The molecular weight excluding hydrogens is 146 g/mol. The third-order valence-electron chi connectivity index (χ3n) is 1.02. The first-order chi connectivity index (χ1) is 5.27. The van der Waals surface area contributed by atoms with Crippen molar-refractivity contribution in [3.63, 3.8) is 0 Å². The number of terminal acetylenes is 1. The largest absolute Gasteiger partial charge is 0.464 e. The van der Waals surface area contributed by atoms with E-state index in [1.165, 1.54) is 7.11 Å². The van der Waals surface area contributed by atoms with Crippen molar-refractivity contribution in [1.29, 1.82) is 0 Å². The molecule has 11 heavy (non-hydrogen) atoms. The second kappa shape index (κ2) is 2.88. The number of carbonyl (C=O) groups excluding carboxylic acids is 1. The quantitative estimate of drug-likeness (QED) is 0.431. The highest BCUT2D eigenvalue weighted by Crippen LogP contribution is 2.00. The fourth-order valence-electron chi connectivity index (χ4n) is 0.538. The Balaban J connectivity index is 2.91. The molecule has 1 heterocycles. The number of rotatable bonds is 1. The maximum Gasteiger partial charge on any atom is 0.360 e. The number of hydrogen-bond donors (Lipinski definition) is 0. The first-order valence-electron chi connectivity index (χ1n) is 2.78. The van der Waals surface area contributed by atoms with Gasteiger partial charge in [-0.25, -0.2) is 4.79 Å². The smallest absolute Gasteiger partial charge is 0.360 e. The van der Waals surface area contributed by atoms with Crippen molar-refractivity contribution in [1.82, 2.24) is 4.98 Å². The molecule has 0 saturated carbocycles. The van der Waals surface area contributed by atoms with Crippen molar-refractivity contribution in [2.24, 2.45) is 0 Å². The minimum absolute atomic E-state index is 0.0744. The summed E-state index contributed by atoms with van der Waals surface area (Å²) in [5.74, 6) is 1.66. The van der Waals surface area contributed by atoms with Gasteiger partial charge in [-0.05, 0) is 5.92 Å². The van der Waals surface area contributed by atoms with E-state index < -0.39 is 5.97 Å². The van der Waals surface area contributed by atoms with Gasteiger partial charge in [-0.2, -0.15) is 4.98 Å². The van der Waals surface area contributed by atoms with Crippen molar-refractivity contribution in [2.75, 3.05) is 7.11 Å². The summed E-state index contributed by atoms with van der Waals surface area (Å²) in [5, 5.41) is 0. The van der Waals surface area contributed by atoms with Crippen LogP contribution >= 0.6 is 0 Å². The molecule has 4 nitrogen and oxygen atoms in total. The Bertz CT molecular complexity index is 308. The summed E-state index contributed by atoms with van der Waals surface area (Å²) in [7, 11) is 1.26. The molecule has 56 valence electrons. The summed E-state index contributed by atoms with van der Waals surface area (Å²) in [6.07, 6.45) is 6.10. The van der Waals surface area contributed by atoms with E-state index in [1.807, 2.05) is 0 Å². The lowest BCUT2D eigenvalue weighted by molar-refractivity contribution is 0.0594. The zero-order valence-electron chi connectivity index (χ0n) is 5.83. The van der Waals surface area contributed by atoms with Crippen LogP contribution in [0.3, 0.4) is 0 Å². The summed E-state index contributed by atoms with van der Waals surface area (Å²) < 4.78 is 9.05. The zero-order chi connectivity index (χ0) is 8.27. The molecule has 0 aliphatic rings. The lowest BCUT2D eigenvalue weighted by Crippen LogP contribution is -2.00. The molecule has 0 amide bonds. The van der Waals surface area contributed by atoms with Crippen LogP contribution < -0.4 is 0 Å². The van der Waals surface area contributed by atoms with Crippen LogP contribution in [-0.4, -0.2) is 18.1 Å². The molecule has 0 aromatic carbocycles. The van der Waals surface area contributed by atoms with Gasteiger partial charge in [0, 0.05) is 0 Å². The molecular formula is C7H5NO3. The monoisotopic (exact) mass is 151 g/mol. The summed E-state index contributed by atoms with van der Waals surface area (Å²) in [4.78, 5) is 14.4. The standard InChI is InChI=1S/C7H5NO3/c1-3-6-8-5(4-11-6)7(9)10-2/h1,4H,2H3. The minimum atomic E-state index is -0.560. The van der Waals surface area contributed by atoms with Crippen molar-refractivity contribution in [3.05, 3.63) is 17.8 Å². The molecule has 0 aliphatic heterocycles. The second-order valence-corrected chi connectivity index (χ2v) is 1.67. The second-order valence-electron chi connectivity index (χ2n) is 1.67. The maximum atomic E-state index is 10.7. The third-order valence-corrected chi connectivity index (χ3v) is 1.02. The fraction of sp³-hybridized carbons (Fsp3) is 0.143. The van der Waals surface area contributed by atoms with E-state index in [1.54, 1.807) is 0 Å². The Hall–Kier alpha value is -1.76. The van der Waals surface area contributed by atoms with Gasteiger partial charge in [-0.1, -0.05) is 0 Å². The Morgan fingerprint density at radius 2 is 2.64 bits per heavy atom. The van der Waals surface area contributed by atoms with Crippen LogP contribution in [0, 0.1) is 12.3 Å². The Labute approximate surface area is 63.2 Å². The lowest BCUT2D eigenvalue weighted by atomic mass is 10.5. The number of aromatic nitrogens is 1. The van der Waals surface area contributed by atoms with Crippen LogP contribution in [0.2, 0.25) is 0 Å². The molecule has 1 aromatic rings. The number of oxazole rings is 1. The summed E-state index contributed by atoms with van der Waals surface area (Å²) in [6, 6.07) is 0. The molecule has 1 rings (SSSR count). The SMILES string of the molecule is C#Cc1nc(C(=O)OC)co1. The van der Waals surface area contributed by atoms with E-state index in [2.05, 4.69) is 20.1 Å². The van der Waals surface area contributed by atoms with Gasteiger partial charge in [0.2, 0.25) is 0 Å². The highest BCUT2D eigenvalue weighted by atomic mass is 16.5. The molecule has 0 fully saturated rings. The van der Waals surface area contributed by atoms with E-state index in [0.29, 0.717) is 0 Å². The van der Waals surface area contributed by atoms with Gasteiger partial charge in [0.1, 0.15) is 6.26 Å². The first-order valence-corrected chi connectivity index (χ1v) is 2.78. The van der Waals surface area contributed by atoms with Gasteiger partial charge in [0.25, 0.3) is 5.89 Å². The van der Waals surface area contributed by atoms with Gasteiger partial charge in [-0.3, -0.25) is 0 Å². The van der Waals surface area contributed by atoms with Crippen molar-refractivity contribution in [3.8, 4) is 12.3 Å². The van der Waals surface area contributed by atoms with Crippen LogP contribution in [-0.2, 0) is 4.74 Å². The van der Waals surface area contributed by atoms with E-state index in [0.717, 1.165) is 6.26 Å². The molecule has 0 bridgehead atoms. The number of hydrogen-bond acceptors (Lipinski definition) is 4. The molecule has 4 heteroatoms. The number of nitrogens with zero attached hydrogens (tertiary/aromatic N) is 1. The average Bonchev–Trinajstić information content (AvgIpc) is 2.50. The molecule has 1 aromatic heterocycles. The molecule has 0 aliphatic carbocycles. The Morgan fingerprint density at radius 3 is 3.09 bits per heavy atom. The number of methoxy groups -OCH3 is 1. The predicted octanol–water partition coefficient (Wildman–Crippen LogP) is 0.443. The van der Waals surface area contributed by atoms with Crippen LogP contribution in [0.1, 0.15) is 16.4 Å². The molecule has 0 unspecified atom stereocenters. The summed E-state index contributed by atoms with van der Waals surface area (Å²) in [6.45, 7) is 0. The maximum absolute atomic E-state index is 10.7. The van der Waals surface area contributed by atoms with Crippen LogP contribution in [0.5, 0.6) is 0 Å². The Morgan fingerprint density at radius 1 is 1.91 bits per heavy atom. The summed E-state index contributed by atoms with van der Waals surface area (Å²) >= 11 is 0. The average molecular weight is 151 g/mol. The minimum Gasteiger partial charge on any atom is -0.464 e. The lowest BCUT2D eigenvalue weighted by Gasteiger charge is -1.88.